The first-order valence-electron chi connectivity index (χ1n) is 6.84. The molecule has 2 aromatic rings. The summed E-state index contributed by atoms with van der Waals surface area (Å²) in [5.41, 5.74) is 7.67. The van der Waals surface area contributed by atoms with Crippen LogP contribution in [0.5, 0.6) is 0 Å². The molecule has 0 aliphatic carbocycles. The van der Waals surface area contributed by atoms with Crippen molar-refractivity contribution in [3.05, 3.63) is 60.2 Å². The van der Waals surface area contributed by atoms with Gasteiger partial charge in [0.25, 0.3) is 0 Å². The van der Waals surface area contributed by atoms with Gasteiger partial charge in [-0.3, -0.25) is 4.79 Å². The van der Waals surface area contributed by atoms with Crippen molar-refractivity contribution in [3.8, 4) is 0 Å². The zero-order valence-electron chi connectivity index (χ0n) is 12.6. The molecule has 0 aliphatic heterocycles. The minimum atomic E-state index is -1.07. The predicted octanol–water partition coefficient (Wildman–Crippen LogP) is 2.57. The van der Waals surface area contributed by atoms with Crippen LogP contribution in [-0.2, 0) is 10.3 Å². The number of nitrogens with one attached hydrogen (secondary N) is 1. The fourth-order valence-electron chi connectivity index (χ4n) is 2.04. The summed E-state index contributed by atoms with van der Waals surface area (Å²) in [7, 11) is 3.91. The highest BCUT2D eigenvalue weighted by molar-refractivity contribution is 5.98. The number of rotatable bonds is 4. The Labute approximate surface area is 125 Å². The van der Waals surface area contributed by atoms with Crippen molar-refractivity contribution in [1.29, 1.82) is 0 Å². The Morgan fingerprint density at radius 1 is 1.10 bits per heavy atom. The second-order valence-electron chi connectivity index (χ2n) is 5.47. The van der Waals surface area contributed by atoms with E-state index < -0.39 is 5.54 Å². The second kappa shape index (κ2) is 5.97. The van der Waals surface area contributed by atoms with Gasteiger partial charge in [-0.2, -0.15) is 0 Å². The smallest absolute Gasteiger partial charge is 0.248 e. The Bertz CT molecular complexity index is 621. The van der Waals surface area contributed by atoms with E-state index in [1.54, 1.807) is 6.92 Å². The highest BCUT2D eigenvalue weighted by atomic mass is 16.2. The van der Waals surface area contributed by atoms with Crippen LogP contribution >= 0.6 is 0 Å². The summed E-state index contributed by atoms with van der Waals surface area (Å²) in [6, 6.07) is 17.0. The van der Waals surface area contributed by atoms with Gasteiger partial charge in [-0.25, -0.2) is 0 Å². The Morgan fingerprint density at radius 3 is 2.38 bits per heavy atom. The van der Waals surface area contributed by atoms with E-state index in [1.807, 2.05) is 73.6 Å². The van der Waals surface area contributed by atoms with Crippen LogP contribution in [0.4, 0.5) is 11.4 Å². The van der Waals surface area contributed by atoms with Crippen LogP contribution in [0.3, 0.4) is 0 Å². The fraction of sp³-hybridized carbons (Fsp3) is 0.235. The summed E-state index contributed by atoms with van der Waals surface area (Å²) in [6.07, 6.45) is 0. The molecule has 21 heavy (non-hydrogen) atoms. The standard InChI is InChI=1S/C17H21N3O/c1-17(18,13-8-5-4-6-9-13)16(21)19-14-10-7-11-15(12-14)20(2)3/h4-12H,18H2,1-3H3,(H,19,21). The van der Waals surface area contributed by atoms with Gasteiger partial charge in [0, 0.05) is 25.5 Å². The van der Waals surface area contributed by atoms with Crippen molar-refractivity contribution in [2.45, 2.75) is 12.5 Å². The van der Waals surface area contributed by atoms with Gasteiger partial charge in [0.1, 0.15) is 5.54 Å². The minimum Gasteiger partial charge on any atom is -0.378 e. The van der Waals surface area contributed by atoms with Gasteiger partial charge in [-0.15, -0.1) is 0 Å². The molecule has 0 aromatic heterocycles. The van der Waals surface area contributed by atoms with Crippen molar-refractivity contribution in [3.63, 3.8) is 0 Å². The molecule has 0 heterocycles. The van der Waals surface area contributed by atoms with E-state index in [-0.39, 0.29) is 5.91 Å². The third-order valence-electron chi connectivity index (χ3n) is 3.47. The first-order valence-corrected chi connectivity index (χ1v) is 6.84. The van der Waals surface area contributed by atoms with E-state index in [4.69, 9.17) is 5.73 Å². The summed E-state index contributed by atoms with van der Waals surface area (Å²) in [5.74, 6) is -0.232. The van der Waals surface area contributed by atoms with Gasteiger partial charge >= 0.3 is 0 Å². The molecule has 4 heteroatoms. The summed E-state index contributed by atoms with van der Waals surface area (Å²) in [5, 5.41) is 2.89. The highest BCUT2D eigenvalue weighted by Crippen LogP contribution is 2.22. The first-order chi connectivity index (χ1) is 9.91. The number of amides is 1. The van der Waals surface area contributed by atoms with Gasteiger partial charge in [-0.1, -0.05) is 36.4 Å². The number of nitrogens with zero attached hydrogens (tertiary/aromatic N) is 1. The van der Waals surface area contributed by atoms with E-state index >= 15 is 0 Å². The molecule has 0 fully saturated rings. The third kappa shape index (κ3) is 3.41. The summed E-state index contributed by atoms with van der Waals surface area (Å²) >= 11 is 0. The van der Waals surface area contributed by atoms with Gasteiger partial charge in [0.05, 0.1) is 0 Å². The molecule has 1 amide bonds. The van der Waals surface area contributed by atoms with Gasteiger partial charge < -0.3 is 16.0 Å². The minimum absolute atomic E-state index is 0.232. The topological polar surface area (TPSA) is 58.4 Å². The van der Waals surface area contributed by atoms with Crippen LogP contribution in [0.15, 0.2) is 54.6 Å². The average molecular weight is 283 g/mol. The molecular formula is C17H21N3O. The average Bonchev–Trinajstić information content (AvgIpc) is 2.48. The lowest BCUT2D eigenvalue weighted by atomic mass is 9.92. The molecule has 2 aromatic carbocycles. The zero-order valence-corrected chi connectivity index (χ0v) is 12.6. The number of nitrogens with two attached hydrogens (primary N) is 1. The van der Waals surface area contributed by atoms with Crippen LogP contribution in [0, 0.1) is 0 Å². The predicted molar refractivity (Wildman–Crippen MR) is 87.4 cm³/mol. The lowest BCUT2D eigenvalue weighted by Gasteiger charge is -2.24. The molecule has 3 N–H and O–H groups in total. The van der Waals surface area contributed by atoms with Gasteiger partial charge in [0.2, 0.25) is 5.91 Å². The highest BCUT2D eigenvalue weighted by Gasteiger charge is 2.30. The van der Waals surface area contributed by atoms with Crippen molar-refractivity contribution < 1.29 is 4.79 Å². The normalized spacial score (nSPS) is 13.3. The van der Waals surface area contributed by atoms with E-state index in [0.717, 1.165) is 16.9 Å². The maximum Gasteiger partial charge on any atom is 0.248 e. The van der Waals surface area contributed by atoms with Crippen LogP contribution < -0.4 is 16.0 Å². The summed E-state index contributed by atoms with van der Waals surface area (Å²) < 4.78 is 0. The molecule has 4 nitrogen and oxygen atoms in total. The Kier molecular flexibility index (Phi) is 4.29. The molecule has 1 atom stereocenters. The third-order valence-corrected chi connectivity index (χ3v) is 3.47. The first kappa shape index (κ1) is 15.1. The maximum atomic E-state index is 12.5. The van der Waals surface area contributed by atoms with Crippen LogP contribution in [-0.4, -0.2) is 20.0 Å². The van der Waals surface area contributed by atoms with E-state index in [0.29, 0.717) is 0 Å². The second-order valence-corrected chi connectivity index (χ2v) is 5.47. The molecule has 0 aliphatic rings. The molecule has 110 valence electrons. The van der Waals surface area contributed by atoms with E-state index in [1.165, 1.54) is 0 Å². The monoisotopic (exact) mass is 283 g/mol. The summed E-state index contributed by atoms with van der Waals surface area (Å²) in [4.78, 5) is 14.4. The molecule has 0 radical (unpaired) electrons. The number of hydrogen-bond donors (Lipinski definition) is 2. The molecule has 0 saturated carbocycles. The summed E-state index contributed by atoms with van der Waals surface area (Å²) in [6.45, 7) is 1.72. The molecular weight excluding hydrogens is 262 g/mol. The molecule has 0 saturated heterocycles. The maximum absolute atomic E-state index is 12.5. The van der Waals surface area contributed by atoms with Crippen molar-refractivity contribution in [1.82, 2.24) is 0 Å². The van der Waals surface area contributed by atoms with Crippen molar-refractivity contribution in [2.75, 3.05) is 24.3 Å². The number of benzene rings is 2. The Morgan fingerprint density at radius 2 is 1.76 bits per heavy atom. The van der Waals surface area contributed by atoms with E-state index in [2.05, 4.69) is 5.32 Å². The van der Waals surface area contributed by atoms with Gasteiger partial charge in [0.15, 0.2) is 0 Å². The molecule has 2 rings (SSSR count). The number of carbonyl (C=O) groups excluding carboxylic acids is 1. The fourth-order valence-corrected chi connectivity index (χ4v) is 2.04. The number of carbonyl (C=O) groups is 1. The van der Waals surface area contributed by atoms with Crippen LogP contribution in [0.25, 0.3) is 0 Å². The van der Waals surface area contributed by atoms with Crippen LogP contribution in [0.2, 0.25) is 0 Å². The Hall–Kier alpha value is -2.33. The van der Waals surface area contributed by atoms with Gasteiger partial charge in [-0.05, 0) is 30.7 Å². The largest absolute Gasteiger partial charge is 0.378 e. The lowest BCUT2D eigenvalue weighted by molar-refractivity contribution is -0.120. The Balaban J connectivity index is 2.20. The lowest BCUT2D eigenvalue weighted by Crippen LogP contribution is -2.45. The zero-order chi connectivity index (χ0) is 15.5. The number of hydrogen-bond acceptors (Lipinski definition) is 3. The van der Waals surface area contributed by atoms with Crippen molar-refractivity contribution in [2.24, 2.45) is 5.73 Å². The van der Waals surface area contributed by atoms with Crippen molar-refractivity contribution >= 4 is 17.3 Å². The molecule has 1 unspecified atom stereocenters. The quantitative estimate of drug-likeness (QED) is 0.906. The number of anilines is 2. The molecule has 0 spiro atoms. The SMILES string of the molecule is CN(C)c1cccc(NC(=O)C(C)(N)c2ccccc2)c1. The van der Waals surface area contributed by atoms with E-state index in [9.17, 15) is 4.79 Å². The van der Waals surface area contributed by atoms with Crippen LogP contribution in [0.1, 0.15) is 12.5 Å². The molecule has 0 bridgehead atoms.